The molecule has 0 amide bonds. The molecule has 0 saturated carbocycles. The van der Waals surface area contributed by atoms with Crippen molar-refractivity contribution in [2.75, 3.05) is 0 Å². The van der Waals surface area contributed by atoms with Crippen molar-refractivity contribution in [1.82, 2.24) is 0 Å². The van der Waals surface area contributed by atoms with Crippen LogP contribution in [-0.2, 0) is 18.2 Å². The van der Waals surface area contributed by atoms with Crippen LogP contribution in [0.3, 0.4) is 0 Å². The summed E-state index contributed by atoms with van der Waals surface area (Å²) in [5.41, 5.74) is 0.658. The Bertz CT molecular complexity index is 1380. The predicted molar refractivity (Wildman–Crippen MR) is 127 cm³/mol. The molecule has 0 aliphatic rings. The van der Waals surface area contributed by atoms with Crippen LogP contribution in [0.1, 0.15) is 37.7 Å². The van der Waals surface area contributed by atoms with Crippen LogP contribution < -0.4 is 10.2 Å². The summed E-state index contributed by atoms with van der Waals surface area (Å²) in [4.78, 5) is 13.1. The molecule has 0 unspecified atom stereocenters. The van der Waals surface area contributed by atoms with Gasteiger partial charge in [0.25, 0.3) is 0 Å². The van der Waals surface area contributed by atoms with E-state index in [-0.39, 0.29) is 28.6 Å². The second kappa shape index (κ2) is 8.84. The molecule has 4 aromatic rings. The summed E-state index contributed by atoms with van der Waals surface area (Å²) in [6.07, 6.45) is -4.87. The lowest BCUT2D eigenvalue weighted by Gasteiger charge is -2.19. The molecule has 4 rings (SSSR count). The first-order valence-electron chi connectivity index (χ1n) is 10.6. The van der Waals surface area contributed by atoms with Gasteiger partial charge in [0.1, 0.15) is 17.9 Å². The molecule has 176 valence electrons. The van der Waals surface area contributed by atoms with Gasteiger partial charge in [0.15, 0.2) is 0 Å². The van der Waals surface area contributed by atoms with Crippen LogP contribution in [0, 0.1) is 0 Å². The minimum absolute atomic E-state index is 0.0241. The van der Waals surface area contributed by atoms with Crippen molar-refractivity contribution in [2.24, 2.45) is 0 Å². The summed E-state index contributed by atoms with van der Waals surface area (Å²) in [7, 11) is 0. The maximum Gasteiger partial charge on any atom is 0.450 e. The van der Waals surface area contributed by atoms with E-state index in [1.807, 2.05) is 24.3 Å². The van der Waals surface area contributed by atoms with Crippen molar-refractivity contribution >= 4 is 22.6 Å². The van der Waals surface area contributed by atoms with E-state index in [9.17, 15) is 18.0 Å². The molecule has 0 fully saturated rings. The van der Waals surface area contributed by atoms with Crippen molar-refractivity contribution in [3.63, 3.8) is 0 Å². The lowest BCUT2D eigenvalue weighted by atomic mass is 9.87. The van der Waals surface area contributed by atoms with Gasteiger partial charge in [-0.25, -0.2) is 0 Å². The van der Waals surface area contributed by atoms with Crippen LogP contribution >= 0.6 is 11.6 Å². The molecule has 1 heterocycles. The Morgan fingerprint density at radius 2 is 1.56 bits per heavy atom. The summed E-state index contributed by atoms with van der Waals surface area (Å²) >= 11 is 5.84. The Balaban J connectivity index is 1.69. The second-order valence-corrected chi connectivity index (χ2v) is 9.47. The standard InChI is InChI=1S/C27H22ClF3O3/c1-26(2,3)18-8-4-16(5-9-18)15-33-20-12-13-21-22(14-20)34-25(27(29,30)31)23(24(21)32)17-6-10-19(28)11-7-17/h4-14H,15H2,1-3H3. The predicted octanol–water partition coefficient (Wildman–Crippen LogP) is 8.01. The molecular weight excluding hydrogens is 465 g/mol. The third kappa shape index (κ3) is 4.97. The largest absolute Gasteiger partial charge is 0.489 e. The minimum atomic E-state index is -4.87. The van der Waals surface area contributed by atoms with Crippen LogP contribution in [0.15, 0.2) is 75.9 Å². The fraction of sp³-hybridized carbons (Fsp3) is 0.222. The first kappa shape index (κ1) is 23.9. The molecule has 7 heteroatoms. The Morgan fingerprint density at radius 3 is 2.15 bits per heavy atom. The average Bonchev–Trinajstić information content (AvgIpc) is 2.77. The van der Waals surface area contributed by atoms with Crippen molar-refractivity contribution in [1.29, 1.82) is 0 Å². The van der Waals surface area contributed by atoms with E-state index in [4.69, 9.17) is 20.8 Å². The molecule has 0 bridgehead atoms. The quantitative estimate of drug-likeness (QED) is 0.293. The highest BCUT2D eigenvalue weighted by atomic mass is 35.5. The van der Waals surface area contributed by atoms with Crippen LogP contribution in [0.5, 0.6) is 5.75 Å². The van der Waals surface area contributed by atoms with Gasteiger partial charge in [0.2, 0.25) is 11.2 Å². The number of benzene rings is 3. The summed E-state index contributed by atoms with van der Waals surface area (Å²) in [6, 6.07) is 17.8. The molecule has 34 heavy (non-hydrogen) atoms. The van der Waals surface area contributed by atoms with Gasteiger partial charge < -0.3 is 9.15 Å². The number of fused-ring (bicyclic) bond motifs is 1. The van der Waals surface area contributed by atoms with Gasteiger partial charge in [-0.05, 0) is 46.4 Å². The number of ether oxygens (including phenoxy) is 1. The first-order chi connectivity index (χ1) is 15.9. The van der Waals surface area contributed by atoms with Crippen LogP contribution in [0.2, 0.25) is 5.02 Å². The highest BCUT2D eigenvalue weighted by molar-refractivity contribution is 6.30. The van der Waals surface area contributed by atoms with Crippen molar-refractivity contribution in [2.45, 2.75) is 39.0 Å². The SMILES string of the molecule is CC(C)(C)c1ccc(COc2ccc3c(=O)c(-c4ccc(Cl)cc4)c(C(F)(F)F)oc3c2)cc1. The molecule has 0 aliphatic carbocycles. The van der Waals surface area contributed by atoms with Crippen LogP contribution in [-0.4, -0.2) is 0 Å². The molecule has 3 nitrogen and oxygen atoms in total. The number of hydrogen-bond donors (Lipinski definition) is 0. The Morgan fingerprint density at radius 1 is 0.912 bits per heavy atom. The normalized spacial score (nSPS) is 12.2. The Kier molecular flexibility index (Phi) is 6.21. The molecule has 0 aliphatic heterocycles. The lowest BCUT2D eigenvalue weighted by molar-refractivity contribution is -0.152. The minimum Gasteiger partial charge on any atom is -0.489 e. The number of alkyl halides is 3. The Labute approximate surface area is 199 Å². The zero-order valence-electron chi connectivity index (χ0n) is 18.8. The van der Waals surface area contributed by atoms with E-state index in [1.54, 1.807) is 6.07 Å². The number of rotatable bonds is 4. The van der Waals surface area contributed by atoms with Crippen LogP contribution in [0.4, 0.5) is 13.2 Å². The van der Waals surface area contributed by atoms with Gasteiger partial charge >= 0.3 is 6.18 Å². The molecular formula is C27H22ClF3O3. The van der Waals surface area contributed by atoms with Crippen molar-refractivity contribution in [3.8, 4) is 16.9 Å². The van der Waals surface area contributed by atoms with E-state index in [1.165, 1.54) is 42.0 Å². The zero-order valence-corrected chi connectivity index (χ0v) is 19.6. The average molecular weight is 487 g/mol. The maximum atomic E-state index is 13.8. The lowest BCUT2D eigenvalue weighted by Crippen LogP contribution is -2.16. The monoisotopic (exact) mass is 486 g/mol. The van der Waals surface area contributed by atoms with Gasteiger partial charge in [-0.2, -0.15) is 13.2 Å². The molecule has 0 radical (unpaired) electrons. The van der Waals surface area contributed by atoms with Gasteiger partial charge in [-0.15, -0.1) is 0 Å². The summed E-state index contributed by atoms with van der Waals surface area (Å²) < 4.78 is 52.4. The first-order valence-corrected chi connectivity index (χ1v) is 11.0. The van der Waals surface area contributed by atoms with Gasteiger partial charge in [-0.1, -0.05) is 68.8 Å². The van der Waals surface area contributed by atoms with E-state index in [0.29, 0.717) is 10.8 Å². The van der Waals surface area contributed by atoms with Crippen molar-refractivity contribution < 1.29 is 22.3 Å². The molecule has 0 N–H and O–H groups in total. The van der Waals surface area contributed by atoms with Gasteiger partial charge in [0, 0.05) is 11.1 Å². The highest BCUT2D eigenvalue weighted by Crippen LogP contribution is 2.38. The number of hydrogen-bond acceptors (Lipinski definition) is 3. The molecule has 1 aromatic heterocycles. The summed E-state index contributed by atoms with van der Waals surface area (Å²) in [5.74, 6) is -1.06. The fourth-order valence-electron chi connectivity index (χ4n) is 3.61. The number of halogens is 4. The molecule has 0 atom stereocenters. The van der Waals surface area contributed by atoms with E-state index < -0.39 is 22.9 Å². The van der Waals surface area contributed by atoms with E-state index >= 15 is 0 Å². The van der Waals surface area contributed by atoms with Gasteiger partial charge in [0.05, 0.1) is 10.9 Å². The molecule has 3 aromatic carbocycles. The second-order valence-electron chi connectivity index (χ2n) is 9.03. The molecule has 0 spiro atoms. The van der Waals surface area contributed by atoms with E-state index in [0.717, 1.165) is 5.56 Å². The topological polar surface area (TPSA) is 39.4 Å². The molecule has 0 saturated heterocycles. The third-order valence-corrected chi connectivity index (χ3v) is 5.73. The zero-order chi connectivity index (χ0) is 24.7. The smallest absolute Gasteiger partial charge is 0.450 e. The Hall–Kier alpha value is -3.25. The third-order valence-electron chi connectivity index (χ3n) is 5.48. The van der Waals surface area contributed by atoms with Gasteiger partial charge in [-0.3, -0.25) is 4.79 Å². The summed E-state index contributed by atoms with van der Waals surface area (Å²) in [6.45, 7) is 6.58. The highest BCUT2D eigenvalue weighted by Gasteiger charge is 2.39. The summed E-state index contributed by atoms with van der Waals surface area (Å²) in [5, 5.41) is 0.372. The van der Waals surface area contributed by atoms with E-state index in [2.05, 4.69) is 20.8 Å². The maximum absolute atomic E-state index is 13.8. The van der Waals surface area contributed by atoms with Crippen molar-refractivity contribution in [3.05, 3.63) is 98.9 Å². The van der Waals surface area contributed by atoms with Crippen LogP contribution in [0.25, 0.3) is 22.1 Å². The fourth-order valence-corrected chi connectivity index (χ4v) is 3.74.